The third kappa shape index (κ3) is 7.53. The Bertz CT molecular complexity index is 1940. The van der Waals surface area contributed by atoms with Crippen LogP contribution in [0.15, 0.2) is 95.4 Å². The molecular weight excluding hydrogens is 672 g/mol. The van der Waals surface area contributed by atoms with Gasteiger partial charge in [-0.25, -0.2) is 9.18 Å². The van der Waals surface area contributed by atoms with Crippen LogP contribution in [0.1, 0.15) is 38.3 Å². The molecule has 0 bridgehead atoms. The van der Waals surface area contributed by atoms with Gasteiger partial charge in [-0.1, -0.05) is 37.7 Å². The first-order chi connectivity index (χ1) is 24.9. The molecule has 0 radical (unpaired) electrons. The third-order valence-electron chi connectivity index (χ3n) is 9.61. The average molecular weight is 715 g/mol. The standard InChI is InChI=1S/C37H43FN8O4S/c1-4-29(5-2)45-26-40-46(36(45)47)32-12-10-30(11-13-32)43-18-20-44(21-19-43)31-14-16-33(17-15-31)48-22-34-23-49-37(50-34,27-6-8-28(38)9-7-27)24-51-35-41-39-25-42(35)3/h6-17,25-26,29,34H,4-5,18-24H2,1-3H3. The molecule has 0 aliphatic carbocycles. The van der Waals surface area contributed by atoms with Crippen molar-refractivity contribution < 1.29 is 18.6 Å². The fourth-order valence-corrected chi connectivity index (χ4v) is 7.61. The van der Waals surface area contributed by atoms with E-state index in [1.165, 1.54) is 28.6 Å². The van der Waals surface area contributed by atoms with Gasteiger partial charge in [0, 0.05) is 56.2 Å². The molecular formula is C37H43FN8O4S. The van der Waals surface area contributed by atoms with Crippen LogP contribution in [0, 0.1) is 5.82 Å². The normalized spacial score (nSPS) is 19.3. The first-order valence-electron chi connectivity index (χ1n) is 17.4. The van der Waals surface area contributed by atoms with Crippen LogP contribution in [0.2, 0.25) is 0 Å². The van der Waals surface area contributed by atoms with E-state index >= 15 is 0 Å². The van der Waals surface area contributed by atoms with Gasteiger partial charge in [0.25, 0.3) is 0 Å². The van der Waals surface area contributed by atoms with Crippen LogP contribution in [-0.4, -0.2) is 80.4 Å². The molecule has 5 aromatic rings. The summed E-state index contributed by atoms with van der Waals surface area (Å²) < 4.78 is 37.7. The lowest BCUT2D eigenvalue weighted by Gasteiger charge is -2.37. The largest absolute Gasteiger partial charge is 0.491 e. The van der Waals surface area contributed by atoms with Gasteiger partial charge in [-0.15, -0.1) is 10.2 Å². The minimum absolute atomic E-state index is 0.101. The van der Waals surface area contributed by atoms with Gasteiger partial charge >= 0.3 is 5.69 Å². The maximum atomic E-state index is 13.7. The average Bonchev–Trinajstić information content (AvgIpc) is 3.90. The quantitative estimate of drug-likeness (QED) is 0.147. The molecule has 2 aliphatic heterocycles. The lowest BCUT2D eigenvalue weighted by molar-refractivity contribution is -0.160. The number of benzene rings is 3. The zero-order valence-corrected chi connectivity index (χ0v) is 29.9. The Balaban J connectivity index is 0.912. The molecule has 7 rings (SSSR count). The third-order valence-corrected chi connectivity index (χ3v) is 10.8. The van der Waals surface area contributed by atoms with E-state index in [1.807, 2.05) is 35.9 Å². The van der Waals surface area contributed by atoms with Crippen molar-refractivity contribution in [1.29, 1.82) is 0 Å². The lowest BCUT2D eigenvalue weighted by Crippen LogP contribution is -2.46. The van der Waals surface area contributed by atoms with Gasteiger partial charge in [-0.3, -0.25) is 4.57 Å². The molecule has 0 N–H and O–H groups in total. The Morgan fingerprint density at radius 2 is 1.53 bits per heavy atom. The Labute approximate surface area is 300 Å². The van der Waals surface area contributed by atoms with Crippen LogP contribution < -0.4 is 20.2 Å². The van der Waals surface area contributed by atoms with Gasteiger partial charge in [-0.05, 0) is 73.5 Å². The predicted octanol–water partition coefficient (Wildman–Crippen LogP) is 5.43. The van der Waals surface area contributed by atoms with Crippen LogP contribution in [0.25, 0.3) is 5.69 Å². The number of nitrogens with zero attached hydrogens (tertiary/aromatic N) is 8. The van der Waals surface area contributed by atoms with E-state index in [-0.39, 0.29) is 23.7 Å². The minimum Gasteiger partial charge on any atom is -0.491 e. The first kappa shape index (κ1) is 34.8. The van der Waals surface area contributed by atoms with Crippen molar-refractivity contribution in [2.45, 2.75) is 49.8 Å². The van der Waals surface area contributed by atoms with Crippen molar-refractivity contribution in [2.75, 3.05) is 54.9 Å². The fraction of sp³-hybridized carbons (Fsp3) is 0.405. The molecule has 14 heteroatoms. The summed E-state index contributed by atoms with van der Waals surface area (Å²) >= 11 is 1.46. The fourth-order valence-electron chi connectivity index (χ4n) is 6.62. The Kier molecular flexibility index (Phi) is 10.4. The van der Waals surface area contributed by atoms with E-state index in [1.54, 1.807) is 29.4 Å². The van der Waals surface area contributed by atoms with Crippen LogP contribution >= 0.6 is 11.8 Å². The molecule has 12 nitrogen and oxygen atoms in total. The summed E-state index contributed by atoms with van der Waals surface area (Å²) in [6.07, 6.45) is 4.76. The monoisotopic (exact) mass is 714 g/mol. The van der Waals surface area contributed by atoms with Crippen LogP contribution in [0.3, 0.4) is 0 Å². The number of halogens is 1. The molecule has 2 aliphatic rings. The summed E-state index contributed by atoms with van der Waals surface area (Å²) in [4.78, 5) is 17.7. The van der Waals surface area contributed by atoms with Gasteiger partial charge < -0.3 is 28.6 Å². The lowest BCUT2D eigenvalue weighted by atomic mass is 10.1. The van der Waals surface area contributed by atoms with Crippen molar-refractivity contribution in [3.63, 3.8) is 0 Å². The van der Waals surface area contributed by atoms with Crippen molar-refractivity contribution >= 4 is 23.1 Å². The molecule has 0 spiro atoms. The Morgan fingerprint density at radius 1 is 0.902 bits per heavy atom. The second-order valence-corrected chi connectivity index (χ2v) is 13.8. The summed E-state index contributed by atoms with van der Waals surface area (Å²) in [5, 5.41) is 13.2. The maximum Gasteiger partial charge on any atom is 0.350 e. The number of thioether (sulfide) groups is 1. The predicted molar refractivity (Wildman–Crippen MR) is 194 cm³/mol. The number of rotatable bonds is 13. The van der Waals surface area contributed by atoms with E-state index in [0.29, 0.717) is 19.0 Å². The number of hydrogen-bond donors (Lipinski definition) is 0. The Hall–Kier alpha value is -4.66. The topological polar surface area (TPSA) is 105 Å². The molecule has 2 saturated heterocycles. The molecule has 2 atom stereocenters. The number of aromatic nitrogens is 6. The van der Waals surface area contributed by atoms with Crippen molar-refractivity contribution in [3.05, 3.63) is 107 Å². The highest BCUT2D eigenvalue weighted by molar-refractivity contribution is 7.99. The van der Waals surface area contributed by atoms with Gasteiger partial charge in [0.2, 0.25) is 5.79 Å². The summed E-state index contributed by atoms with van der Waals surface area (Å²) in [7, 11) is 1.88. The molecule has 2 aromatic heterocycles. The minimum atomic E-state index is -1.07. The molecule has 0 amide bonds. The van der Waals surface area contributed by atoms with Gasteiger partial charge in [0.1, 0.15) is 36.9 Å². The number of ether oxygens (including phenoxy) is 3. The number of anilines is 2. The van der Waals surface area contributed by atoms with Crippen molar-refractivity contribution in [2.24, 2.45) is 7.05 Å². The summed E-state index contributed by atoms with van der Waals surface area (Å²) in [5.74, 6) is -0.220. The highest BCUT2D eigenvalue weighted by atomic mass is 32.2. The zero-order chi connectivity index (χ0) is 35.4. The maximum absolute atomic E-state index is 13.7. The first-order valence-corrected chi connectivity index (χ1v) is 18.4. The summed E-state index contributed by atoms with van der Waals surface area (Å²) in [6, 6.07) is 22.6. The molecule has 2 fully saturated rings. The molecule has 268 valence electrons. The highest BCUT2D eigenvalue weighted by Gasteiger charge is 2.44. The number of hydrogen-bond acceptors (Lipinski definition) is 10. The summed E-state index contributed by atoms with van der Waals surface area (Å²) in [5.41, 5.74) is 3.67. The van der Waals surface area contributed by atoms with Crippen LogP contribution in [0.4, 0.5) is 15.8 Å². The van der Waals surface area contributed by atoms with Crippen LogP contribution in [0.5, 0.6) is 5.75 Å². The van der Waals surface area contributed by atoms with Crippen LogP contribution in [-0.2, 0) is 22.3 Å². The number of piperazine rings is 1. The van der Waals surface area contributed by atoms with Crippen molar-refractivity contribution in [3.8, 4) is 11.4 Å². The second-order valence-electron chi connectivity index (χ2n) is 12.8. The molecule has 2 unspecified atom stereocenters. The zero-order valence-electron chi connectivity index (χ0n) is 29.1. The Morgan fingerprint density at radius 3 is 2.14 bits per heavy atom. The number of aryl methyl sites for hydroxylation is 1. The second kappa shape index (κ2) is 15.3. The van der Waals surface area contributed by atoms with Crippen molar-refractivity contribution in [1.82, 2.24) is 29.1 Å². The van der Waals surface area contributed by atoms with E-state index in [0.717, 1.165) is 72.6 Å². The molecule has 51 heavy (non-hydrogen) atoms. The molecule has 4 heterocycles. The van der Waals surface area contributed by atoms with E-state index in [2.05, 4.69) is 63.2 Å². The smallest absolute Gasteiger partial charge is 0.350 e. The van der Waals surface area contributed by atoms with E-state index < -0.39 is 5.79 Å². The molecule has 3 aromatic carbocycles. The van der Waals surface area contributed by atoms with E-state index in [9.17, 15) is 9.18 Å². The van der Waals surface area contributed by atoms with E-state index in [4.69, 9.17) is 14.2 Å². The van der Waals surface area contributed by atoms with Gasteiger partial charge in [-0.2, -0.15) is 9.78 Å². The SMILES string of the molecule is CCC(CC)n1cnn(-c2ccc(N3CCN(c4ccc(OCC5COC(CSc6nncn6C)(c6ccc(F)cc6)O5)cc4)CC3)cc2)c1=O. The highest BCUT2D eigenvalue weighted by Crippen LogP contribution is 2.39. The van der Waals surface area contributed by atoms with Gasteiger partial charge in [0.05, 0.1) is 18.0 Å². The van der Waals surface area contributed by atoms with Gasteiger partial charge in [0.15, 0.2) is 5.16 Å². The molecule has 0 saturated carbocycles. The summed E-state index contributed by atoms with van der Waals surface area (Å²) in [6.45, 7) is 8.35.